The number of carbonyl (C=O) groups is 2. The summed E-state index contributed by atoms with van der Waals surface area (Å²) in [5.41, 5.74) is 10.2. The molecular formula is C53H74GdN5O14. The van der Waals surface area contributed by atoms with Crippen LogP contribution in [0.1, 0.15) is 77.8 Å². The van der Waals surface area contributed by atoms with E-state index in [4.69, 9.17) is 82.7 Å². The van der Waals surface area contributed by atoms with E-state index in [9.17, 15) is 10.2 Å². The van der Waals surface area contributed by atoms with Crippen molar-refractivity contribution in [1.82, 2.24) is 4.98 Å². The minimum atomic E-state index is -1.08. The summed E-state index contributed by atoms with van der Waals surface area (Å²) >= 11 is 0. The Bertz CT molecular complexity index is 2370. The fraction of sp³-hybridized carbons (Fsp3) is 0.547. The van der Waals surface area contributed by atoms with E-state index in [1.807, 2.05) is 18.2 Å². The largest absolute Gasteiger partial charge is 3.00 e. The molecule has 3 aliphatic heterocycles. The van der Waals surface area contributed by atoms with Crippen LogP contribution in [0, 0.1) is 46.9 Å². The normalized spacial score (nSPS) is 16.4. The van der Waals surface area contributed by atoms with Crippen LogP contribution in [0.15, 0.2) is 66.2 Å². The summed E-state index contributed by atoms with van der Waals surface area (Å²) in [6.07, 6.45) is 13.9. The van der Waals surface area contributed by atoms with Crippen molar-refractivity contribution in [2.24, 2.45) is 20.0 Å². The number of allylic oxidation sites excluding steroid dienone is 3. The second-order valence-corrected chi connectivity index (χ2v) is 16.2. The van der Waals surface area contributed by atoms with Crippen LogP contribution in [0.25, 0.3) is 12.2 Å². The number of aliphatic carboxylic acids is 2. The van der Waals surface area contributed by atoms with Gasteiger partial charge in [0.15, 0.2) is 11.5 Å². The summed E-state index contributed by atoms with van der Waals surface area (Å²) in [6, 6.07) is 3.44. The van der Waals surface area contributed by atoms with E-state index in [2.05, 4.69) is 39.8 Å². The number of rotatable bonds is 28. The average molecular weight is 1160 g/mol. The van der Waals surface area contributed by atoms with E-state index in [1.165, 1.54) is 11.1 Å². The molecule has 0 amide bonds. The third kappa shape index (κ3) is 23.0. The zero-order chi connectivity index (χ0) is 52.7. The number of carbonyl (C=O) groups excluding carboxylic acids is 2. The third-order valence-corrected chi connectivity index (χ3v) is 11.0. The van der Waals surface area contributed by atoms with Gasteiger partial charge in [-0.05, 0) is 94.6 Å². The molecule has 1 aromatic heterocycles. The predicted octanol–water partition coefficient (Wildman–Crippen LogP) is 2.55. The van der Waals surface area contributed by atoms with Crippen LogP contribution in [0.3, 0.4) is 0 Å². The first kappa shape index (κ1) is 64.8. The van der Waals surface area contributed by atoms with E-state index >= 15 is 0 Å². The third-order valence-electron chi connectivity index (χ3n) is 11.0. The Hall–Kier alpha value is -4.32. The smallest absolute Gasteiger partial charge is 0.657 e. The Morgan fingerprint density at radius 2 is 1.19 bits per heavy atom. The summed E-state index contributed by atoms with van der Waals surface area (Å²) in [5, 5.41) is 39.1. The number of carboxylic acids is 2. The molecular weight excluding hydrogens is 1090 g/mol. The second-order valence-electron chi connectivity index (χ2n) is 16.2. The molecule has 1 radical (unpaired) electrons. The molecule has 0 spiro atoms. The van der Waals surface area contributed by atoms with Crippen molar-refractivity contribution in [2.75, 3.05) is 107 Å². The van der Waals surface area contributed by atoms with E-state index in [-0.39, 0.29) is 72.4 Å². The van der Waals surface area contributed by atoms with Crippen LogP contribution in [0.4, 0.5) is 11.4 Å². The van der Waals surface area contributed by atoms with Crippen molar-refractivity contribution >= 4 is 59.3 Å². The molecule has 6 bridgehead atoms. The summed E-state index contributed by atoms with van der Waals surface area (Å²) in [7, 11) is 3.27. The minimum Gasteiger partial charge on any atom is -0.657 e. The molecule has 0 aliphatic carbocycles. The van der Waals surface area contributed by atoms with Crippen LogP contribution < -0.4 is 35.4 Å². The first-order valence-electron chi connectivity index (χ1n) is 24.4. The molecule has 2 N–H and O–H groups in total. The van der Waals surface area contributed by atoms with E-state index in [0.29, 0.717) is 115 Å². The number of benzene rings is 1. The zero-order valence-corrected chi connectivity index (χ0v) is 45.9. The number of aliphatic hydroxyl groups is 2. The maximum atomic E-state index is 9.88. The molecule has 20 heteroatoms. The van der Waals surface area contributed by atoms with Crippen molar-refractivity contribution in [1.29, 1.82) is 0 Å². The number of nitrogens with zero attached hydrogens (tertiary/aromatic N) is 5. The summed E-state index contributed by atoms with van der Waals surface area (Å²) in [5.74, 6) is -1.23. The summed E-state index contributed by atoms with van der Waals surface area (Å²) in [4.78, 5) is 43.3. The molecule has 2 aromatic rings. The SMILES string of the molecule is CC(=O)[O-].CC(=O)[O-].CCC1=C(CC)C2/C=C3/N=C(C=Nc4cc(OCCOCCOCCOC)c(OCCOCCOCCOC)cc4N=C/C=c4\[n-]/c(c(CCCO)c4C)=C\C1=N2)C(C)=C3CCCO.[Gd+3]. The van der Waals surface area contributed by atoms with Crippen molar-refractivity contribution in [3.63, 3.8) is 0 Å². The fourth-order valence-corrected chi connectivity index (χ4v) is 7.60. The molecule has 0 fully saturated rings. The quantitative estimate of drug-likeness (QED) is 0.116. The van der Waals surface area contributed by atoms with Crippen LogP contribution >= 0.6 is 0 Å². The van der Waals surface area contributed by atoms with Gasteiger partial charge < -0.3 is 72.9 Å². The fourth-order valence-electron chi connectivity index (χ4n) is 7.60. The zero-order valence-electron chi connectivity index (χ0n) is 43.6. The number of aliphatic hydroxyl groups excluding tert-OH is 2. The topological polar surface area (TPSA) is 258 Å². The number of hydrogen-bond acceptors (Lipinski definition) is 18. The Balaban J connectivity index is 0.00000189. The number of aliphatic imine (C=N–C) groups is 4. The predicted molar refractivity (Wildman–Crippen MR) is 274 cm³/mol. The minimum absolute atomic E-state index is 0. The number of carboxylic acid groups (broad SMARTS) is 2. The monoisotopic (exact) mass is 1160 g/mol. The van der Waals surface area contributed by atoms with Gasteiger partial charge in [-0.25, -0.2) is 4.99 Å². The molecule has 1 unspecified atom stereocenters. The number of methoxy groups -OCH3 is 2. The van der Waals surface area contributed by atoms with Gasteiger partial charge in [-0.2, -0.15) is 0 Å². The van der Waals surface area contributed by atoms with Gasteiger partial charge in [-0.15, -0.1) is 10.7 Å². The van der Waals surface area contributed by atoms with E-state index in [1.54, 1.807) is 26.6 Å². The molecule has 19 nitrogen and oxygen atoms in total. The summed E-state index contributed by atoms with van der Waals surface area (Å²) in [6.45, 7) is 15.5. The van der Waals surface area contributed by atoms with Crippen LogP contribution in [-0.2, 0) is 44.4 Å². The number of hydrogen-bond donors (Lipinski definition) is 2. The van der Waals surface area contributed by atoms with Gasteiger partial charge in [0.1, 0.15) is 13.2 Å². The molecule has 3 aliphatic rings. The molecule has 1 aromatic carbocycles. The number of aromatic nitrogens is 1. The van der Waals surface area contributed by atoms with Crippen molar-refractivity contribution in [3.05, 3.63) is 68.0 Å². The van der Waals surface area contributed by atoms with Crippen molar-refractivity contribution < 1.29 is 108 Å². The van der Waals surface area contributed by atoms with Crippen molar-refractivity contribution in [2.45, 2.75) is 86.1 Å². The van der Waals surface area contributed by atoms with Gasteiger partial charge in [-0.1, -0.05) is 37.1 Å². The Morgan fingerprint density at radius 1 is 0.685 bits per heavy atom. The Labute approximate surface area is 461 Å². The first-order chi connectivity index (χ1) is 34.8. The van der Waals surface area contributed by atoms with Crippen LogP contribution in [0.5, 0.6) is 11.5 Å². The first-order valence-corrected chi connectivity index (χ1v) is 24.4. The maximum Gasteiger partial charge on any atom is 3.00 e. The average Bonchev–Trinajstić information content (AvgIpc) is 3.95. The standard InChI is InChI=1S/C49H68N5O10.2C2H4O2.Gd/c1-7-36-37(8-2)42-30-44-39(12-10-16-56)35(4)47(54-44)33-51-46-32-49(64-28-26-62-24-22-60-20-18-58-6)48(63-27-25-61-23-21-59-19-17-57-5)31-45(46)50-14-13-40-34(3)38(11-9-15-55)43(52-40)29-41(36)53-42;2*1-2(3)4;/h13-14,29-33,42,55-56H,7-12,15-28H2,1-6H3;2*1H3,(H,3,4);/q-1;;;+3/p-2/b40-13-,43-29-,44-30+,50-14?,51-33?;;;. The molecule has 73 heavy (non-hydrogen) atoms. The Morgan fingerprint density at radius 3 is 1.70 bits per heavy atom. The number of fused-ring (bicyclic) bond motifs is 5. The van der Waals surface area contributed by atoms with Crippen LogP contribution in [-0.4, -0.2) is 159 Å². The molecule has 403 valence electrons. The van der Waals surface area contributed by atoms with E-state index < -0.39 is 11.9 Å². The Kier molecular flexibility index (Phi) is 33.2. The van der Waals surface area contributed by atoms with Crippen LogP contribution in [0.2, 0.25) is 0 Å². The van der Waals surface area contributed by atoms with Gasteiger partial charge in [0, 0.05) is 57.7 Å². The van der Waals surface area contributed by atoms with E-state index in [0.717, 1.165) is 76.8 Å². The van der Waals surface area contributed by atoms with Gasteiger partial charge in [-0.3, -0.25) is 15.0 Å². The van der Waals surface area contributed by atoms with Gasteiger partial charge in [0.05, 0.1) is 107 Å². The molecule has 4 heterocycles. The van der Waals surface area contributed by atoms with Gasteiger partial charge in [0.25, 0.3) is 0 Å². The molecule has 5 rings (SSSR count). The van der Waals surface area contributed by atoms with Gasteiger partial charge >= 0.3 is 39.9 Å². The summed E-state index contributed by atoms with van der Waals surface area (Å²) < 4.78 is 45.2. The molecule has 0 saturated carbocycles. The molecule has 1 atom stereocenters. The maximum absolute atomic E-state index is 9.88. The molecule has 0 saturated heterocycles. The van der Waals surface area contributed by atoms with Crippen molar-refractivity contribution in [3.8, 4) is 11.5 Å². The van der Waals surface area contributed by atoms with Gasteiger partial charge in [0.2, 0.25) is 0 Å². The second kappa shape index (κ2) is 37.4. The number of ether oxygens (including phenoxy) is 8.